The van der Waals surface area contributed by atoms with Gasteiger partial charge in [0.2, 0.25) is 0 Å². The van der Waals surface area contributed by atoms with Crippen LogP contribution in [0.4, 0.5) is 5.69 Å². The molecule has 0 spiro atoms. The molecule has 0 heterocycles. The molecule has 2 aromatic carbocycles. The monoisotopic (exact) mass is 307 g/mol. The highest BCUT2D eigenvalue weighted by Gasteiger charge is 2.22. The highest BCUT2D eigenvalue weighted by molar-refractivity contribution is 5.79. The topological polar surface area (TPSA) is 3.24 Å². The number of hydrogen-bond acceptors (Lipinski definition) is 1. The van der Waals surface area contributed by atoms with Gasteiger partial charge in [0.25, 0.3) is 0 Å². The van der Waals surface area contributed by atoms with Crippen molar-refractivity contribution in [3.63, 3.8) is 0 Å². The Kier molecular flexibility index (Phi) is 4.23. The molecule has 0 atom stereocenters. The van der Waals surface area contributed by atoms with Gasteiger partial charge in [-0.3, -0.25) is 0 Å². The summed E-state index contributed by atoms with van der Waals surface area (Å²) < 4.78 is 0. The third-order valence-corrected chi connectivity index (χ3v) is 4.97. The van der Waals surface area contributed by atoms with Crippen LogP contribution in [0.25, 0.3) is 11.1 Å². The lowest BCUT2D eigenvalue weighted by Crippen LogP contribution is -2.36. The summed E-state index contributed by atoms with van der Waals surface area (Å²) in [4.78, 5) is 2.50. The molecule has 0 radical (unpaired) electrons. The Labute approximate surface area is 141 Å². The molecule has 122 valence electrons. The fourth-order valence-electron chi connectivity index (χ4n) is 3.93. The van der Waals surface area contributed by atoms with E-state index in [0.29, 0.717) is 18.0 Å². The number of hydrogen-bond donors (Lipinski definition) is 0. The van der Waals surface area contributed by atoms with Crippen LogP contribution in [-0.4, -0.2) is 12.1 Å². The van der Waals surface area contributed by atoms with E-state index in [2.05, 4.69) is 82.8 Å². The molecule has 1 aliphatic carbocycles. The summed E-state index contributed by atoms with van der Waals surface area (Å²) in [6.45, 7) is 13.6. The largest absolute Gasteiger partial charge is 0.367 e. The molecule has 0 N–H and O–H groups in total. The van der Waals surface area contributed by atoms with Crippen molar-refractivity contribution in [2.75, 3.05) is 4.90 Å². The number of fused-ring (bicyclic) bond motifs is 3. The van der Waals surface area contributed by atoms with Crippen molar-refractivity contribution in [1.82, 2.24) is 0 Å². The van der Waals surface area contributed by atoms with Gasteiger partial charge in [0.05, 0.1) is 0 Å². The number of rotatable bonds is 4. The molecular formula is C22H29N. The predicted molar refractivity (Wildman–Crippen MR) is 102 cm³/mol. The van der Waals surface area contributed by atoms with Crippen molar-refractivity contribution >= 4 is 5.69 Å². The summed E-state index contributed by atoms with van der Waals surface area (Å²) in [6, 6.07) is 15.1. The minimum absolute atomic E-state index is 0.518. The van der Waals surface area contributed by atoms with Crippen molar-refractivity contribution in [3.05, 3.63) is 53.1 Å². The van der Waals surface area contributed by atoms with Crippen molar-refractivity contribution in [2.24, 2.45) is 0 Å². The Morgan fingerprint density at radius 3 is 1.87 bits per heavy atom. The van der Waals surface area contributed by atoms with E-state index in [1.54, 1.807) is 0 Å². The van der Waals surface area contributed by atoms with Crippen LogP contribution in [0.15, 0.2) is 36.4 Å². The van der Waals surface area contributed by atoms with Crippen LogP contribution in [0.3, 0.4) is 0 Å². The molecule has 0 saturated carbocycles. The Morgan fingerprint density at radius 1 is 0.739 bits per heavy atom. The van der Waals surface area contributed by atoms with Crippen LogP contribution in [0.2, 0.25) is 0 Å². The minimum Gasteiger partial charge on any atom is -0.367 e. The van der Waals surface area contributed by atoms with Gasteiger partial charge in [-0.05, 0) is 80.0 Å². The van der Waals surface area contributed by atoms with E-state index in [4.69, 9.17) is 0 Å². The molecule has 0 aliphatic heterocycles. The van der Waals surface area contributed by atoms with E-state index in [1.165, 1.54) is 33.5 Å². The zero-order valence-electron chi connectivity index (χ0n) is 15.4. The van der Waals surface area contributed by atoms with E-state index >= 15 is 0 Å². The summed E-state index contributed by atoms with van der Waals surface area (Å²) in [5.41, 5.74) is 8.62. The fourth-order valence-corrected chi connectivity index (χ4v) is 3.93. The van der Waals surface area contributed by atoms with Crippen LogP contribution in [0, 0.1) is 0 Å². The van der Waals surface area contributed by atoms with Gasteiger partial charge in [0.1, 0.15) is 0 Å². The molecule has 1 heteroatoms. The Bertz CT molecular complexity index is 702. The lowest BCUT2D eigenvalue weighted by molar-refractivity contribution is 0.608. The Balaban J connectivity index is 1.99. The van der Waals surface area contributed by atoms with Gasteiger partial charge in [0.15, 0.2) is 0 Å². The highest BCUT2D eigenvalue weighted by atomic mass is 15.2. The van der Waals surface area contributed by atoms with Crippen LogP contribution in [0.1, 0.15) is 64.2 Å². The number of nitrogens with zero attached hydrogens (tertiary/aromatic N) is 1. The average Bonchev–Trinajstić information content (AvgIpc) is 2.82. The zero-order valence-corrected chi connectivity index (χ0v) is 15.4. The molecule has 2 aromatic rings. The second kappa shape index (κ2) is 6.03. The molecule has 1 nitrogen and oxygen atoms in total. The van der Waals surface area contributed by atoms with Gasteiger partial charge in [0, 0.05) is 17.8 Å². The van der Waals surface area contributed by atoms with Gasteiger partial charge in [-0.1, -0.05) is 38.1 Å². The van der Waals surface area contributed by atoms with E-state index in [-0.39, 0.29) is 0 Å². The van der Waals surface area contributed by atoms with Crippen molar-refractivity contribution in [3.8, 4) is 11.1 Å². The number of benzene rings is 2. The van der Waals surface area contributed by atoms with Gasteiger partial charge in [-0.2, -0.15) is 0 Å². The molecule has 23 heavy (non-hydrogen) atoms. The molecule has 3 rings (SSSR count). The Hall–Kier alpha value is -1.76. The maximum Gasteiger partial charge on any atom is 0.0374 e. The normalized spacial score (nSPS) is 12.9. The van der Waals surface area contributed by atoms with Gasteiger partial charge < -0.3 is 4.90 Å². The smallest absolute Gasteiger partial charge is 0.0374 e. The molecule has 0 bridgehead atoms. The molecule has 0 saturated heterocycles. The van der Waals surface area contributed by atoms with Gasteiger partial charge >= 0.3 is 0 Å². The van der Waals surface area contributed by atoms with Crippen molar-refractivity contribution < 1.29 is 0 Å². The third-order valence-electron chi connectivity index (χ3n) is 4.97. The van der Waals surface area contributed by atoms with Crippen LogP contribution in [0.5, 0.6) is 0 Å². The zero-order chi connectivity index (χ0) is 16.7. The molecule has 0 unspecified atom stereocenters. The second-order valence-corrected chi connectivity index (χ2v) is 7.68. The van der Waals surface area contributed by atoms with E-state index < -0.39 is 0 Å². The molecule has 0 aromatic heterocycles. The summed E-state index contributed by atoms with van der Waals surface area (Å²) in [5.74, 6) is 0.594. The first-order valence-electron chi connectivity index (χ1n) is 8.93. The van der Waals surface area contributed by atoms with Crippen molar-refractivity contribution in [2.45, 2.75) is 66.0 Å². The molecule has 1 aliphatic rings. The standard InChI is InChI=1S/C22H29N/c1-14(2)17-7-9-21-18(11-17)12-19-13-20(8-10-22(19)21)23(15(3)4)16(5)6/h7-11,13-16H,12H2,1-6H3. The number of anilines is 1. The maximum atomic E-state index is 2.50. The van der Waals surface area contributed by atoms with Gasteiger partial charge in [-0.25, -0.2) is 0 Å². The van der Waals surface area contributed by atoms with E-state index in [1.807, 2.05) is 0 Å². The summed E-state index contributed by atoms with van der Waals surface area (Å²) >= 11 is 0. The molecule has 0 amide bonds. The SMILES string of the molecule is CC(C)c1ccc2c(c1)Cc1cc(N(C(C)C)C(C)C)ccc1-2. The van der Waals surface area contributed by atoms with Gasteiger partial charge in [-0.15, -0.1) is 0 Å². The van der Waals surface area contributed by atoms with E-state index in [0.717, 1.165) is 6.42 Å². The molecular weight excluding hydrogens is 278 g/mol. The second-order valence-electron chi connectivity index (χ2n) is 7.68. The first kappa shape index (κ1) is 16.1. The maximum absolute atomic E-state index is 2.50. The summed E-state index contributed by atoms with van der Waals surface area (Å²) in [6.07, 6.45) is 1.07. The van der Waals surface area contributed by atoms with Crippen molar-refractivity contribution in [1.29, 1.82) is 0 Å². The van der Waals surface area contributed by atoms with Crippen LogP contribution >= 0.6 is 0 Å². The van der Waals surface area contributed by atoms with E-state index in [9.17, 15) is 0 Å². The first-order valence-corrected chi connectivity index (χ1v) is 8.93. The minimum atomic E-state index is 0.518. The lowest BCUT2D eigenvalue weighted by Gasteiger charge is -2.33. The average molecular weight is 307 g/mol. The first-order chi connectivity index (χ1) is 10.9. The summed E-state index contributed by atoms with van der Waals surface area (Å²) in [7, 11) is 0. The predicted octanol–water partition coefficient (Wildman–Crippen LogP) is 6.00. The highest BCUT2D eigenvalue weighted by Crippen LogP contribution is 2.40. The molecule has 0 fully saturated rings. The van der Waals surface area contributed by atoms with Crippen LogP contribution in [-0.2, 0) is 6.42 Å². The fraction of sp³-hybridized carbons (Fsp3) is 0.455. The summed E-state index contributed by atoms with van der Waals surface area (Å²) in [5, 5.41) is 0. The quantitative estimate of drug-likeness (QED) is 0.571. The lowest BCUT2D eigenvalue weighted by atomic mass is 9.97. The third kappa shape index (κ3) is 2.89. The Morgan fingerprint density at radius 2 is 1.30 bits per heavy atom. The van der Waals surface area contributed by atoms with Crippen LogP contribution < -0.4 is 4.90 Å².